The van der Waals surface area contributed by atoms with Crippen LogP contribution in [0.15, 0.2) is 25.3 Å². The quantitative estimate of drug-likeness (QED) is 0.341. The molecular formula is C10H23N3O2Si. The van der Waals surface area contributed by atoms with Crippen LogP contribution in [-0.4, -0.2) is 26.2 Å². The molecule has 0 heterocycles. The summed E-state index contributed by atoms with van der Waals surface area (Å²) in [5, 5.41) is 0. The molecule has 0 fully saturated rings. The first-order valence-electron chi connectivity index (χ1n) is 5.12. The molecule has 0 saturated carbocycles. The highest BCUT2D eigenvalue weighted by Gasteiger charge is 2.50. The fourth-order valence-corrected chi connectivity index (χ4v) is 3.15. The van der Waals surface area contributed by atoms with Crippen molar-refractivity contribution < 1.29 is 8.85 Å². The number of hydrogen-bond acceptors (Lipinski definition) is 5. The summed E-state index contributed by atoms with van der Waals surface area (Å²) in [5.74, 6) is 0. The molecule has 1 unspecified atom stereocenters. The molecule has 16 heavy (non-hydrogen) atoms. The first-order chi connectivity index (χ1) is 7.14. The summed E-state index contributed by atoms with van der Waals surface area (Å²) in [6.07, 6.45) is 3.21. The fraction of sp³-hybridized carbons (Fsp3) is 0.600. The molecule has 0 aromatic rings. The molecule has 0 rings (SSSR count). The fourth-order valence-electron chi connectivity index (χ4n) is 1.10. The van der Waals surface area contributed by atoms with Gasteiger partial charge in [0.25, 0.3) is 0 Å². The molecule has 5 nitrogen and oxygen atoms in total. The van der Waals surface area contributed by atoms with Crippen LogP contribution < -0.4 is 17.2 Å². The maximum absolute atomic E-state index is 5.83. The zero-order valence-corrected chi connectivity index (χ0v) is 11.3. The standard InChI is InChI=1S/C10H23N3O2Si/c1-6-9(4,7-2)15-16(5,14-8-3)10(11,12)13/h6-7H,1-2,8,11-13H2,3-5H3. The molecule has 0 aliphatic rings. The van der Waals surface area contributed by atoms with Gasteiger partial charge in [0.1, 0.15) is 0 Å². The van der Waals surface area contributed by atoms with Gasteiger partial charge in [0.15, 0.2) is 5.41 Å². The third-order valence-corrected chi connectivity index (χ3v) is 5.67. The van der Waals surface area contributed by atoms with Gasteiger partial charge < -0.3 is 8.85 Å². The van der Waals surface area contributed by atoms with Crippen LogP contribution in [0.1, 0.15) is 13.8 Å². The molecule has 0 saturated heterocycles. The highest BCUT2D eigenvalue weighted by atomic mass is 28.4. The van der Waals surface area contributed by atoms with E-state index in [-0.39, 0.29) is 0 Å². The van der Waals surface area contributed by atoms with E-state index in [1.54, 1.807) is 25.6 Å². The van der Waals surface area contributed by atoms with Crippen LogP contribution in [0.5, 0.6) is 0 Å². The Morgan fingerprint density at radius 2 is 1.69 bits per heavy atom. The lowest BCUT2D eigenvalue weighted by molar-refractivity contribution is 0.0920. The van der Waals surface area contributed by atoms with E-state index in [2.05, 4.69) is 13.2 Å². The van der Waals surface area contributed by atoms with Crippen LogP contribution in [0.4, 0.5) is 0 Å². The minimum absolute atomic E-state index is 0.431. The summed E-state index contributed by atoms with van der Waals surface area (Å²) in [4.78, 5) is 0. The van der Waals surface area contributed by atoms with Gasteiger partial charge in [-0.3, -0.25) is 17.2 Å². The first-order valence-corrected chi connectivity index (χ1v) is 7.43. The van der Waals surface area contributed by atoms with Gasteiger partial charge >= 0.3 is 8.56 Å². The number of hydrogen-bond donors (Lipinski definition) is 3. The van der Waals surface area contributed by atoms with Gasteiger partial charge in [0.05, 0.1) is 5.60 Å². The van der Waals surface area contributed by atoms with E-state index >= 15 is 0 Å². The molecule has 94 valence electrons. The monoisotopic (exact) mass is 245 g/mol. The van der Waals surface area contributed by atoms with E-state index in [1.807, 2.05) is 6.92 Å². The van der Waals surface area contributed by atoms with Crippen LogP contribution in [0.25, 0.3) is 0 Å². The summed E-state index contributed by atoms with van der Waals surface area (Å²) in [5.41, 5.74) is 14.9. The molecule has 0 amide bonds. The predicted octanol–water partition coefficient (Wildman–Crippen LogP) is 0.311. The lowest BCUT2D eigenvalue weighted by Gasteiger charge is -2.41. The van der Waals surface area contributed by atoms with Crippen molar-refractivity contribution in [3.8, 4) is 0 Å². The lowest BCUT2D eigenvalue weighted by atomic mass is 10.1. The van der Waals surface area contributed by atoms with Crippen molar-refractivity contribution in [3.05, 3.63) is 25.3 Å². The highest BCUT2D eigenvalue weighted by molar-refractivity contribution is 6.69. The van der Waals surface area contributed by atoms with Crippen LogP contribution in [0, 0.1) is 0 Å². The minimum atomic E-state index is -2.94. The van der Waals surface area contributed by atoms with E-state index in [9.17, 15) is 0 Å². The highest BCUT2D eigenvalue weighted by Crippen LogP contribution is 2.23. The molecule has 6 heteroatoms. The maximum atomic E-state index is 5.83. The Balaban J connectivity index is 5.09. The van der Waals surface area contributed by atoms with Crippen molar-refractivity contribution in [2.24, 2.45) is 17.2 Å². The Morgan fingerprint density at radius 3 is 1.94 bits per heavy atom. The molecule has 0 spiro atoms. The number of rotatable bonds is 7. The maximum Gasteiger partial charge on any atom is 0.387 e. The average Bonchev–Trinajstić information content (AvgIpc) is 2.16. The summed E-state index contributed by atoms with van der Waals surface area (Å²) in [6, 6.07) is 0. The molecule has 0 bridgehead atoms. The molecule has 0 aliphatic carbocycles. The van der Waals surface area contributed by atoms with E-state index in [0.29, 0.717) is 6.61 Å². The zero-order valence-electron chi connectivity index (χ0n) is 10.3. The molecule has 6 N–H and O–H groups in total. The second-order valence-electron chi connectivity index (χ2n) is 4.01. The van der Waals surface area contributed by atoms with E-state index in [1.165, 1.54) is 0 Å². The van der Waals surface area contributed by atoms with E-state index in [0.717, 1.165) is 0 Å². The average molecular weight is 245 g/mol. The van der Waals surface area contributed by atoms with Gasteiger partial charge in [-0.15, -0.1) is 0 Å². The third kappa shape index (κ3) is 3.51. The van der Waals surface area contributed by atoms with Gasteiger partial charge in [0.2, 0.25) is 0 Å². The Kier molecular flexibility index (Phi) is 5.05. The topological polar surface area (TPSA) is 96.5 Å². The molecule has 0 aromatic carbocycles. The first kappa shape index (κ1) is 15.5. The van der Waals surface area contributed by atoms with Crippen molar-refractivity contribution in [3.63, 3.8) is 0 Å². The Bertz CT molecular complexity index is 257. The second kappa shape index (κ2) is 5.22. The lowest BCUT2D eigenvalue weighted by Crippen LogP contribution is -2.78. The van der Waals surface area contributed by atoms with Crippen molar-refractivity contribution in [1.82, 2.24) is 0 Å². The summed E-state index contributed by atoms with van der Waals surface area (Å²) in [6.45, 7) is 13.1. The number of nitrogens with two attached hydrogens (primary N) is 3. The Hall–Kier alpha value is -0.503. The van der Waals surface area contributed by atoms with E-state index in [4.69, 9.17) is 26.1 Å². The normalized spacial score (nSPS) is 16.6. The molecule has 1 atom stereocenters. The minimum Gasteiger partial charge on any atom is -0.392 e. The predicted molar refractivity (Wildman–Crippen MR) is 68.4 cm³/mol. The van der Waals surface area contributed by atoms with Gasteiger partial charge in [-0.2, -0.15) is 0 Å². The van der Waals surface area contributed by atoms with Crippen LogP contribution in [0.2, 0.25) is 6.55 Å². The van der Waals surface area contributed by atoms with E-state index < -0.39 is 19.6 Å². The van der Waals surface area contributed by atoms with Crippen LogP contribution in [-0.2, 0) is 8.85 Å². The largest absolute Gasteiger partial charge is 0.392 e. The van der Waals surface area contributed by atoms with Gasteiger partial charge in [-0.05, 0) is 20.4 Å². The molecular weight excluding hydrogens is 222 g/mol. The Morgan fingerprint density at radius 1 is 1.25 bits per heavy atom. The van der Waals surface area contributed by atoms with Crippen molar-refractivity contribution in [2.45, 2.75) is 31.4 Å². The Labute approximate surface area is 98.5 Å². The molecule has 0 aromatic heterocycles. The zero-order chi connectivity index (χ0) is 13.0. The summed E-state index contributed by atoms with van der Waals surface area (Å²) in [7, 11) is -2.94. The van der Waals surface area contributed by atoms with Gasteiger partial charge in [-0.25, -0.2) is 0 Å². The van der Waals surface area contributed by atoms with Crippen molar-refractivity contribution >= 4 is 8.56 Å². The van der Waals surface area contributed by atoms with Gasteiger partial charge in [-0.1, -0.05) is 25.3 Å². The van der Waals surface area contributed by atoms with Crippen molar-refractivity contribution in [1.29, 1.82) is 0 Å². The summed E-state index contributed by atoms with van der Waals surface area (Å²) >= 11 is 0. The SMILES string of the molecule is C=CC(C)(C=C)O[Si](C)(OCC)C(N)(N)N. The van der Waals surface area contributed by atoms with Crippen LogP contribution in [0.3, 0.4) is 0 Å². The second-order valence-corrected chi connectivity index (χ2v) is 7.26. The van der Waals surface area contributed by atoms with Gasteiger partial charge in [0, 0.05) is 6.61 Å². The smallest absolute Gasteiger partial charge is 0.387 e. The summed E-state index contributed by atoms with van der Waals surface area (Å²) < 4.78 is 11.4. The third-order valence-electron chi connectivity index (χ3n) is 2.43. The van der Waals surface area contributed by atoms with Crippen molar-refractivity contribution in [2.75, 3.05) is 6.61 Å². The molecule has 0 radical (unpaired) electrons. The van der Waals surface area contributed by atoms with Crippen LogP contribution >= 0.6 is 0 Å². The molecule has 0 aliphatic heterocycles.